The third-order valence-corrected chi connectivity index (χ3v) is 5.00. The van der Waals surface area contributed by atoms with Crippen LogP contribution in [0.25, 0.3) is 11.4 Å². The molecule has 3 aromatic carbocycles. The van der Waals surface area contributed by atoms with Gasteiger partial charge in [0.15, 0.2) is 0 Å². The standard InChI is InChI=1S/C26H22N2O5/c1-2-32-26(31)33-24-22(18-19-12-6-3-7-13-19)23(29)27(20-14-8-4-9-15-20)25(30)28(24)21-16-10-5-11-17-21/h3-17H,2,18H2,1H3. The normalized spacial score (nSPS) is 10.6. The van der Waals surface area contributed by atoms with Crippen LogP contribution in [0, 0.1) is 0 Å². The smallest absolute Gasteiger partial charge is 0.434 e. The van der Waals surface area contributed by atoms with Gasteiger partial charge in [-0.3, -0.25) is 4.79 Å². The molecule has 33 heavy (non-hydrogen) atoms. The molecule has 0 N–H and O–H groups in total. The third-order valence-electron chi connectivity index (χ3n) is 5.00. The molecule has 0 aliphatic rings. The maximum absolute atomic E-state index is 13.7. The fourth-order valence-corrected chi connectivity index (χ4v) is 3.53. The molecule has 0 fully saturated rings. The zero-order valence-corrected chi connectivity index (χ0v) is 18.0. The van der Waals surface area contributed by atoms with Gasteiger partial charge in [-0.15, -0.1) is 0 Å². The molecule has 4 rings (SSSR count). The maximum atomic E-state index is 13.7. The van der Waals surface area contributed by atoms with Gasteiger partial charge in [0.05, 0.1) is 23.5 Å². The quantitative estimate of drug-likeness (QED) is 0.420. The summed E-state index contributed by atoms with van der Waals surface area (Å²) < 4.78 is 12.7. The first-order valence-electron chi connectivity index (χ1n) is 10.5. The maximum Gasteiger partial charge on any atom is 0.515 e. The largest absolute Gasteiger partial charge is 0.515 e. The van der Waals surface area contributed by atoms with E-state index in [0.29, 0.717) is 11.4 Å². The molecule has 7 nitrogen and oxygen atoms in total. The summed E-state index contributed by atoms with van der Waals surface area (Å²) in [5, 5.41) is 0. The van der Waals surface area contributed by atoms with E-state index in [4.69, 9.17) is 9.47 Å². The van der Waals surface area contributed by atoms with Gasteiger partial charge in [0.2, 0.25) is 5.88 Å². The highest BCUT2D eigenvalue weighted by molar-refractivity contribution is 5.64. The van der Waals surface area contributed by atoms with Gasteiger partial charge >= 0.3 is 11.8 Å². The van der Waals surface area contributed by atoms with Crippen LogP contribution in [0.5, 0.6) is 5.88 Å². The Bertz CT molecular complexity index is 1360. The van der Waals surface area contributed by atoms with Crippen LogP contribution in [-0.2, 0) is 11.2 Å². The van der Waals surface area contributed by atoms with Crippen molar-refractivity contribution in [3.63, 3.8) is 0 Å². The predicted molar refractivity (Wildman–Crippen MR) is 125 cm³/mol. The van der Waals surface area contributed by atoms with E-state index in [1.165, 1.54) is 4.57 Å². The van der Waals surface area contributed by atoms with Gasteiger partial charge in [-0.1, -0.05) is 66.7 Å². The summed E-state index contributed by atoms with van der Waals surface area (Å²) in [4.78, 5) is 39.6. The third kappa shape index (κ3) is 4.62. The van der Waals surface area contributed by atoms with Crippen LogP contribution in [0.2, 0.25) is 0 Å². The lowest BCUT2D eigenvalue weighted by atomic mass is 10.1. The van der Waals surface area contributed by atoms with Crippen LogP contribution in [0.15, 0.2) is 101 Å². The van der Waals surface area contributed by atoms with Crippen molar-refractivity contribution in [1.29, 1.82) is 0 Å². The Balaban J connectivity index is 2.06. The fourth-order valence-electron chi connectivity index (χ4n) is 3.53. The summed E-state index contributed by atoms with van der Waals surface area (Å²) in [5.74, 6) is -0.161. The Labute approximate surface area is 190 Å². The number of carbonyl (C=O) groups excluding carboxylic acids is 1. The average molecular weight is 442 g/mol. The first kappa shape index (κ1) is 21.8. The molecule has 0 atom stereocenters. The summed E-state index contributed by atoms with van der Waals surface area (Å²) in [7, 11) is 0. The van der Waals surface area contributed by atoms with Gasteiger partial charge in [-0.25, -0.2) is 18.7 Å². The molecule has 1 aromatic heterocycles. The van der Waals surface area contributed by atoms with Crippen LogP contribution < -0.4 is 16.0 Å². The van der Waals surface area contributed by atoms with Crippen molar-refractivity contribution < 1.29 is 14.3 Å². The van der Waals surface area contributed by atoms with Crippen molar-refractivity contribution in [2.75, 3.05) is 6.61 Å². The fraction of sp³-hybridized carbons (Fsp3) is 0.115. The van der Waals surface area contributed by atoms with Crippen molar-refractivity contribution in [2.24, 2.45) is 0 Å². The van der Waals surface area contributed by atoms with Crippen LogP contribution in [0.1, 0.15) is 18.1 Å². The summed E-state index contributed by atoms with van der Waals surface area (Å²) in [6.07, 6.45) is -0.846. The lowest BCUT2D eigenvalue weighted by Crippen LogP contribution is -2.41. The molecule has 1 heterocycles. The number of hydrogen-bond acceptors (Lipinski definition) is 5. The van der Waals surface area contributed by atoms with Crippen molar-refractivity contribution in [3.8, 4) is 17.3 Å². The first-order chi connectivity index (χ1) is 16.1. The average Bonchev–Trinajstić information content (AvgIpc) is 2.84. The second-order valence-corrected chi connectivity index (χ2v) is 7.16. The van der Waals surface area contributed by atoms with E-state index in [2.05, 4.69) is 0 Å². The molecule has 7 heteroatoms. The molecule has 0 bridgehead atoms. The molecule has 0 spiro atoms. The van der Waals surface area contributed by atoms with E-state index in [1.807, 2.05) is 30.3 Å². The topological polar surface area (TPSA) is 79.5 Å². The summed E-state index contributed by atoms with van der Waals surface area (Å²) in [6, 6.07) is 26.6. The minimum atomic E-state index is -0.993. The monoisotopic (exact) mass is 442 g/mol. The predicted octanol–water partition coefficient (Wildman–Crippen LogP) is 4.11. The molecule has 0 saturated carbocycles. The van der Waals surface area contributed by atoms with Gasteiger partial charge in [-0.05, 0) is 36.8 Å². The van der Waals surface area contributed by atoms with Crippen LogP contribution >= 0.6 is 0 Å². The van der Waals surface area contributed by atoms with Gasteiger partial charge in [-0.2, -0.15) is 0 Å². The lowest BCUT2D eigenvalue weighted by molar-refractivity contribution is 0.101. The molecule has 4 aromatic rings. The zero-order chi connectivity index (χ0) is 23.2. The number of para-hydroxylation sites is 2. The second-order valence-electron chi connectivity index (χ2n) is 7.16. The SMILES string of the molecule is CCOC(=O)Oc1c(Cc2ccccc2)c(=O)n(-c2ccccc2)c(=O)n1-c1ccccc1. The number of hydrogen-bond donors (Lipinski definition) is 0. The number of benzene rings is 3. The Morgan fingerprint density at radius 3 is 1.82 bits per heavy atom. The van der Waals surface area contributed by atoms with Crippen LogP contribution in [0.3, 0.4) is 0 Å². The number of nitrogens with zero attached hydrogens (tertiary/aromatic N) is 2. The number of carbonyl (C=O) groups is 1. The van der Waals surface area contributed by atoms with E-state index in [-0.39, 0.29) is 24.5 Å². The van der Waals surface area contributed by atoms with Gasteiger partial charge in [0.1, 0.15) is 0 Å². The first-order valence-corrected chi connectivity index (χ1v) is 10.5. The van der Waals surface area contributed by atoms with Crippen LogP contribution in [0.4, 0.5) is 4.79 Å². The van der Waals surface area contributed by atoms with Crippen molar-refractivity contribution in [2.45, 2.75) is 13.3 Å². The highest BCUT2D eigenvalue weighted by atomic mass is 16.7. The Morgan fingerprint density at radius 2 is 1.27 bits per heavy atom. The summed E-state index contributed by atoms with van der Waals surface area (Å²) in [5.41, 5.74) is 0.604. The Hall–Kier alpha value is -4.39. The number of aromatic nitrogens is 2. The van der Waals surface area contributed by atoms with E-state index >= 15 is 0 Å². The van der Waals surface area contributed by atoms with Gasteiger partial charge in [0, 0.05) is 6.42 Å². The molecule has 0 radical (unpaired) electrons. The minimum absolute atomic E-state index is 0.0868. The molecule has 0 aliphatic carbocycles. The number of rotatable bonds is 6. The lowest BCUT2D eigenvalue weighted by Gasteiger charge is -2.19. The number of ether oxygens (including phenoxy) is 2. The Morgan fingerprint density at radius 1 is 0.758 bits per heavy atom. The van der Waals surface area contributed by atoms with E-state index in [1.54, 1.807) is 67.6 Å². The molecule has 0 unspecified atom stereocenters. The molecule has 0 saturated heterocycles. The highest BCUT2D eigenvalue weighted by Gasteiger charge is 2.25. The molecule has 166 valence electrons. The summed E-state index contributed by atoms with van der Waals surface area (Å²) >= 11 is 0. The van der Waals surface area contributed by atoms with Crippen molar-refractivity contribution >= 4 is 6.16 Å². The van der Waals surface area contributed by atoms with Crippen molar-refractivity contribution in [3.05, 3.63) is 123 Å². The van der Waals surface area contributed by atoms with Gasteiger partial charge in [0.25, 0.3) is 5.56 Å². The van der Waals surface area contributed by atoms with Gasteiger partial charge < -0.3 is 9.47 Å². The zero-order valence-electron chi connectivity index (χ0n) is 18.0. The Kier molecular flexibility index (Phi) is 6.50. The van der Waals surface area contributed by atoms with E-state index in [9.17, 15) is 14.4 Å². The summed E-state index contributed by atoms with van der Waals surface area (Å²) in [6.45, 7) is 1.73. The second kappa shape index (κ2) is 9.82. The molecular formula is C26H22N2O5. The van der Waals surface area contributed by atoms with Crippen molar-refractivity contribution in [1.82, 2.24) is 9.13 Å². The minimum Gasteiger partial charge on any atom is -0.434 e. The molecule has 0 amide bonds. The van der Waals surface area contributed by atoms with Crippen LogP contribution in [-0.4, -0.2) is 21.9 Å². The van der Waals surface area contributed by atoms with E-state index < -0.39 is 17.4 Å². The molecular weight excluding hydrogens is 420 g/mol. The highest BCUT2D eigenvalue weighted by Crippen LogP contribution is 2.22. The molecule has 0 aliphatic heterocycles. The van der Waals surface area contributed by atoms with E-state index in [0.717, 1.165) is 10.1 Å².